The number of hydrogen-bond acceptors (Lipinski definition) is 12. The van der Waals surface area contributed by atoms with Gasteiger partial charge in [-0.2, -0.15) is 31.6 Å². The third-order valence-electron chi connectivity index (χ3n) is 6.30. The van der Waals surface area contributed by atoms with Crippen molar-refractivity contribution in [2.75, 3.05) is 118 Å². The lowest BCUT2D eigenvalue weighted by Gasteiger charge is -2.29. The summed E-state index contributed by atoms with van der Waals surface area (Å²) in [5.41, 5.74) is 0. The summed E-state index contributed by atoms with van der Waals surface area (Å²) in [5, 5.41) is 56.8. The van der Waals surface area contributed by atoms with Gasteiger partial charge in [0.1, 0.15) is 0 Å². The lowest BCUT2D eigenvalue weighted by Crippen LogP contribution is -2.44. The maximum atomic E-state index is 13.0. The van der Waals surface area contributed by atoms with Gasteiger partial charge in [-0.05, 0) is 0 Å². The molecule has 0 atom stereocenters. The van der Waals surface area contributed by atoms with E-state index in [2.05, 4.69) is 40.6 Å². The minimum absolute atomic E-state index is 0.0550. The van der Waals surface area contributed by atoms with E-state index < -0.39 is 0 Å². The summed E-state index contributed by atoms with van der Waals surface area (Å²) in [5.74, 6) is 0. The Morgan fingerprint density at radius 2 is 0.974 bits per heavy atom. The van der Waals surface area contributed by atoms with E-state index >= 15 is 0 Å². The molecule has 0 spiro atoms. The Kier molecular flexibility index (Phi) is 17.8. The highest BCUT2D eigenvalue weighted by Crippen LogP contribution is 2.09. The van der Waals surface area contributed by atoms with E-state index in [0.29, 0.717) is 78.5 Å². The van der Waals surface area contributed by atoms with E-state index in [4.69, 9.17) is 31.6 Å². The van der Waals surface area contributed by atoms with Crippen LogP contribution in [0.15, 0.2) is 0 Å². The zero-order valence-electron chi connectivity index (χ0n) is 22.5. The Morgan fingerprint density at radius 3 is 1.41 bits per heavy atom. The van der Waals surface area contributed by atoms with Gasteiger partial charge in [0, 0.05) is 78.5 Å². The maximum Gasteiger partial charge on any atom is 0.320 e. The third kappa shape index (κ3) is 13.9. The first-order valence-electron chi connectivity index (χ1n) is 12.9. The molecule has 1 aliphatic rings. The number of rotatable bonds is 21. The van der Waals surface area contributed by atoms with Crippen molar-refractivity contribution >= 4 is 6.03 Å². The van der Waals surface area contributed by atoms with Gasteiger partial charge >= 0.3 is 6.03 Å². The number of carbonyl (C=O) groups is 1. The molecule has 1 N–H and O–H groups in total. The van der Waals surface area contributed by atoms with Crippen LogP contribution in [0.5, 0.6) is 0 Å². The molecule has 0 bridgehead atoms. The van der Waals surface area contributed by atoms with Gasteiger partial charge in [-0.15, -0.1) is 0 Å². The molecule has 1 heterocycles. The number of nitrogens with zero attached hydrogens (tertiary/aromatic N) is 12. The quantitative estimate of drug-likeness (QED) is 0.135. The van der Waals surface area contributed by atoms with Crippen LogP contribution in [0, 0.1) is 68.0 Å². The van der Waals surface area contributed by atoms with Gasteiger partial charge in [0.25, 0.3) is 0 Å². The second-order valence-electron chi connectivity index (χ2n) is 8.92. The lowest BCUT2D eigenvalue weighted by atomic mass is 10.3. The highest BCUT2D eigenvalue weighted by molar-refractivity contribution is 5.76. The summed E-state index contributed by atoms with van der Waals surface area (Å²) in [6, 6.07) is 12.4. The molecule has 1 aliphatic heterocycles. The molecule has 0 saturated carbocycles. The van der Waals surface area contributed by atoms with Gasteiger partial charge in [-0.25, -0.2) is 4.79 Å². The highest BCUT2D eigenvalue weighted by atomic mass is 16.2. The van der Waals surface area contributed by atoms with Crippen LogP contribution in [0.1, 0.15) is 0 Å². The average molecular weight is 536 g/mol. The Hall–Kier alpha value is -3.99. The second-order valence-corrected chi connectivity index (χ2v) is 8.92. The summed E-state index contributed by atoms with van der Waals surface area (Å²) in [6.45, 7) is 7.79. The lowest BCUT2D eigenvalue weighted by molar-refractivity contribution is 0.166. The van der Waals surface area contributed by atoms with Crippen LogP contribution < -0.4 is 5.32 Å². The topological polar surface area (TPSA) is 191 Å². The van der Waals surface area contributed by atoms with Crippen molar-refractivity contribution in [2.24, 2.45) is 0 Å². The molecular weight excluding hydrogens is 498 g/mol. The largest absolute Gasteiger partial charge is 0.322 e. The van der Waals surface area contributed by atoms with Gasteiger partial charge < -0.3 is 15.1 Å². The Morgan fingerprint density at radius 1 is 0.564 bits per heavy atom. The molecule has 1 rings (SSSR count). The van der Waals surface area contributed by atoms with Gasteiger partial charge in [0.05, 0.1) is 75.7 Å². The Bertz CT molecular complexity index is 905. The first-order valence-corrected chi connectivity index (χ1v) is 12.9. The number of nitriles is 6. The van der Waals surface area contributed by atoms with Crippen LogP contribution in [0.3, 0.4) is 0 Å². The third-order valence-corrected chi connectivity index (χ3v) is 6.30. The number of carbonyl (C=O) groups excluding carboxylic acids is 1. The van der Waals surface area contributed by atoms with Crippen molar-refractivity contribution in [1.29, 1.82) is 31.6 Å². The van der Waals surface area contributed by atoms with Crippen molar-refractivity contribution in [3.05, 3.63) is 0 Å². The fraction of sp³-hybridized carbons (Fsp3) is 0.720. The van der Waals surface area contributed by atoms with Crippen LogP contribution in [-0.4, -0.2) is 153 Å². The molecule has 0 aromatic rings. The van der Waals surface area contributed by atoms with E-state index in [1.807, 2.05) is 11.0 Å². The molecule has 0 aromatic carbocycles. The smallest absolute Gasteiger partial charge is 0.320 e. The van der Waals surface area contributed by atoms with Crippen molar-refractivity contribution in [3.63, 3.8) is 0 Å². The summed E-state index contributed by atoms with van der Waals surface area (Å²) in [7, 11) is 0. The summed E-state index contributed by atoms with van der Waals surface area (Å²) in [6.07, 6.45) is 0. The minimum atomic E-state index is -0.0550. The molecule has 0 radical (unpaired) electrons. The molecule has 2 amide bonds. The van der Waals surface area contributed by atoms with Gasteiger partial charge in [-0.3, -0.25) is 19.6 Å². The summed E-state index contributed by atoms with van der Waals surface area (Å²) >= 11 is 0. The number of urea groups is 1. The Labute approximate surface area is 231 Å². The molecule has 208 valence electrons. The summed E-state index contributed by atoms with van der Waals surface area (Å²) < 4.78 is 0. The van der Waals surface area contributed by atoms with Gasteiger partial charge in [0.2, 0.25) is 0 Å². The van der Waals surface area contributed by atoms with E-state index in [-0.39, 0.29) is 45.3 Å². The maximum absolute atomic E-state index is 13.0. The Balaban J connectivity index is 2.66. The SMILES string of the molecule is N#CCNCCN(CC#N)CCN1CCN(CCN(CCN(CC#N)CC#N)CCN(CC#N)CC#N)C1=O. The van der Waals surface area contributed by atoms with Crippen molar-refractivity contribution < 1.29 is 4.79 Å². The molecule has 1 saturated heterocycles. The minimum Gasteiger partial charge on any atom is -0.322 e. The van der Waals surface area contributed by atoms with Crippen LogP contribution in [-0.2, 0) is 0 Å². The van der Waals surface area contributed by atoms with Crippen LogP contribution in [0.2, 0.25) is 0 Å². The van der Waals surface area contributed by atoms with Crippen molar-refractivity contribution in [1.82, 2.24) is 34.7 Å². The van der Waals surface area contributed by atoms with E-state index in [9.17, 15) is 4.79 Å². The van der Waals surface area contributed by atoms with E-state index in [1.54, 1.807) is 19.6 Å². The number of nitrogens with one attached hydrogen (secondary N) is 1. The van der Waals surface area contributed by atoms with Crippen LogP contribution in [0.25, 0.3) is 0 Å². The first-order chi connectivity index (χ1) is 19.0. The van der Waals surface area contributed by atoms with Crippen LogP contribution >= 0.6 is 0 Å². The van der Waals surface area contributed by atoms with Crippen molar-refractivity contribution in [2.45, 2.75) is 0 Å². The van der Waals surface area contributed by atoms with Gasteiger partial charge in [-0.1, -0.05) is 0 Å². The molecule has 0 aromatic heterocycles. The zero-order chi connectivity index (χ0) is 28.7. The fourth-order valence-corrected chi connectivity index (χ4v) is 4.05. The zero-order valence-corrected chi connectivity index (χ0v) is 22.5. The molecule has 1 fully saturated rings. The second kappa shape index (κ2) is 21.0. The molecule has 14 heteroatoms. The molecule has 0 unspecified atom stereocenters. The molecule has 14 nitrogen and oxygen atoms in total. The number of amides is 2. The van der Waals surface area contributed by atoms with E-state index in [0.717, 1.165) is 0 Å². The molecular formula is C25H37N13O. The van der Waals surface area contributed by atoms with E-state index in [1.165, 1.54) is 0 Å². The van der Waals surface area contributed by atoms with Gasteiger partial charge in [0.15, 0.2) is 0 Å². The normalized spacial score (nSPS) is 12.8. The number of hydrogen-bond donors (Lipinski definition) is 1. The van der Waals surface area contributed by atoms with Crippen LogP contribution in [0.4, 0.5) is 4.79 Å². The highest BCUT2D eigenvalue weighted by Gasteiger charge is 2.28. The monoisotopic (exact) mass is 535 g/mol. The standard InChI is InChI=1S/C25H37N13O/c26-1-7-32-8-14-35(13-6-31)19-21-37-23-24-38(25(37)39)22-20-36(17-15-33(9-2-27)10-3-28)18-16-34(11-4-29)12-5-30/h32H,7-24H2. The van der Waals surface area contributed by atoms with Crippen molar-refractivity contribution in [3.8, 4) is 36.4 Å². The predicted molar refractivity (Wildman–Crippen MR) is 141 cm³/mol. The fourth-order valence-electron chi connectivity index (χ4n) is 4.05. The molecule has 0 aliphatic carbocycles. The predicted octanol–water partition coefficient (Wildman–Crippen LogP) is -1.34. The molecule has 39 heavy (non-hydrogen) atoms. The summed E-state index contributed by atoms with van der Waals surface area (Å²) in [4.78, 5) is 24.2. The average Bonchev–Trinajstić information content (AvgIpc) is 3.28. The first kappa shape index (κ1) is 33.0.